The van der Waals surface area contributed by atoms with E-state index >= 15 is 0 Å². The van der Waals surface area contributed by atoms with Crippen LogP contribution in [0.1, 0.15) is 51.0 Å². The minimum absolute atomic E-state index is 0. The molecule has 3 fully saturated rings. The van der Waals surface area contributed by atoms with Crippen LogP contribution in [0.2, 0.25) is 0 Å². The van der Waals surface area contributed by atoms with Gasteiger partial charge in [0.2, 0.25) is 0 Å². The highest BCUT2D eigenvalue weighted by Gasteiger charge is 2.38. The molecule has 3 unspecified atom stereocenters. The summed E-state index contributed by atoms with van der Waals surface area (Å²) in [6.45, 7) is 10.1. The van der Waals surface area contributed by atoms with Crippen LogP contribution in [0.25, 0.3) is 0 Å². The lowest BCUT2D eigenvalue weighted by atomic mass is 9.90. The fraction of sp³-hybridized carbons (Fsp3) is 0.727. The summed E-state index contributed by atoms with van der Waals surface area (Å²) in [7, 11) is 0. The van der Waals surface area contributed by atoms with E-state index in [1.807, 2.05) is 0 Å². The van der Waals surface area contributed by atoms with Gasteiger partial charge in [-0.3, -0.25) is 14.7 Å². The van der Waals surface area contributed by atoms with Crippen molar-refractivity contribution >= 4 is 37.2 Å². The van der Waals surface area contributed by atoms with Crippen LogP contribution < -0.4 is 0 Å². The van der Waals surface area contributed by atoms with Gasteiger partial charge in [0.25, 0.3) is 0 Å². The maximum atomic E-state index is 2.89. The molecule has 28 heavy (non-hydrogen) atoms. The number of rotatable bonds is 5. The number of halogens is 3. The number of likely N-dealkylation sites (tertiary alicyclic amines) is 2. The number of hydrogen-bond donors (Lipinski definition) is 0. The predicted molar refractivity (Wildman–Crippen MR) is 126 cm³/mol. The topological polar surface area (TPSA) is 9.72 Å². The molecule has 3 atom stereocenters. The van der Waals surface area contributed by atoms with E-state index < -0.39 is 0 Å². The van der Waals surface area contributed by atoms with Gasteiger partial charge in [0.15, 0.2) is 0 Å². The highest BCUT2D eigenvalue weighted by molar-refractivity contribution is 5.86. The standard InChI is InChI=1S/C22H35N3.3ClH/c1-19(24-13-6-3-7-14-24)15-25-21-11-8-12-22(25)18-23(17-21)16-20-9-4-2-5-10-20;;;/h2,4-5,9-10,19,21-22H,3,6-8,11-18H2,1H3;3*1H. The lowest BCUT2D eigenvalue weighted by Crippen LogP contribution is -2.62. The van der Waals surface area contributed by atoms with Crippen LogP contribution in [0.4, 0.5) is 0 Å². The first-order chi connectivity index (χ1) is 12.3. The summed E-state index contributed by atoms with van der Waals surface area (Å²) < 4.78 is 0. The molecule has 6 heteroatoms. The Morgan fingerprint density at radius 1 is 0.857 bits per heavy atom. The van der Waals surface area contributed by atoms with Crippen LogP contribution in [0.3, 0.4) is 0 Å². The van der Waals surface area contributed by atoms with Gasteiger partial charge in [-0.15, -0.1) is 37.2 Å². The summed E-state index contributed by atoms with van der Waals surface area (Å²) >= 11 is 0. The Labute approximate surface area is 190 Å². The third-order valence-corrected chi connectivity index (χ3v) is 6.69. The number of piperazine rings is 1. The van der Waals surface area contributed by atoms with Crippen molar-refractivity contribution < 1.29 is 0 Å². The van der Waals surface area contributed by atoms with Crippen molar-refractivity contribution in [2.24, 2.45) is 0 Å². The van der Waals surface area contributed by atoms with Gasteiger partial charge in [-0.25, -0.2) is 0 Å². The zero-order valence-corrected chi connectivity index (χ0v) is 19.6. The van der Waals surface area contributed by atoms with Gasteiger partial charge in [0.1, 0.15) is 0 Å². The number of piperidine rings is 2. The van der Waals surface area contributed by atoms with Crippen molar-refractivity contribution in [2.45, 2.75) is 70.1 Å². The third-order valence-electron chi connectivity index (χ3n) is 6.69. The van der Waals surface area contributed by atoms with Crippen molar-refractivity contribution in [1.29, 1.82) is 0 Å². The molecule has 1 aromatic rings. The molecule has 0 amide bonds. The van der Waals surface area contributed by atoms with Gasteiger partial charge in [-0.2, -0.15) is 0 Å². The Morgan fingerprint density at radius 2 is 1.46 bits per heavy atom. The minimum Gasteiger partial charge on any atom is -0.299 e. The van der Waals surface area contributed by atoms with E-state index in [1.54, 1.807) is 0 Å². The molecule has 2 bridgehead atoms. The molecule has 162 valence electrons. The van der Waals surface area contributed by atoms with Crippen molar-refractivity contribution in [3.8, 4) is 0 Å². The Hall–Kier alpha value is -0.0300. The fourth-order valence-corrected chi connectivity index (χ4v) is 5.33. The average molecular weight is 451 g/mol. The van der Waals surface area contributed by atoms with Gasteiger partial charge in [0, 0.05) is 44.3 Å². The van der Waals surface area contributed by atoms with Gasteiger partial charge in [0.05, 0.1) is 0 Å². The van der Waals surface area contributed by atoms with E-state index in [-0.39, 0.29) is 37.2 Å². The van der Waals surface area contributed by atoms with E-state index in [1.165, 1.54) is 76.8 Å². The molecule has 0 saturated carbocycles. The molecule has 3 heterocycles. The molecule has 0 spiro atoms. The molecule has 3 nitrogen and oxygen atoms in total. The molecule has 0 N–H and O–H groups in total. The number of hydrogen-bond acceptors (Lipinski definition) is 3. The first kappa shape index (κ1) is 26.0. The van der Waals surface area contributed by atoms with Crippen LogP contribution in [-0.4, -0.2) is 65.5 Å². The van der Waals surface area contributed by atoms with E-state index in [0.717, 1.165) is 24.7 Å². The molecule has 3 aliphatic heterocycles. The molecular formula is C22H38Cl3N3. The van der Waals surface area contributed by atoms with Gasteiger partial charge >= 0.3 is 0 Å². The monoisotopic (exact) mass is 449 g/mol. The normalized spacial score (nSPS) is 27.0. The van der Waals surface area contributed by atoms with E-state index in [4.69, 9.17) is 0 Å². The molecule has 0 radical (unpaired) electrons. The second-order valence-corrected chi connectivity index (χ2v) is 8.56. The van der Waals surface area contributed by atoms with Crippen molar-refractivity contribution in [3.05, 3.63) is 35.9 Å². The first-order valence-electron chi connectivity index (χ1n) is 10.6. The maximum absolute atomic E-state index is 2.89. The summed E-state index contributed by atoms with van der Waals surface area (Å²) in [6, 6.07) is 13.3. The Balaban J connectivity index is 0.00000131. The van der Waals surface area contributed by atoms with Crippen LogP contribution in [0.15, 0.2) is 30.3 Å². The minimum atomic E-state index is 0. The van der Waals surface area contributed by atoms with E-state index in [9.17, 15) is 0 Å². The zero-order chi connectivity index (χ0) is 17.1. The average Bonchev–Trinajstić information content (AvgIpc) is 2.64. The molecule has 0 aromatic heterocycles. The van der Waals surface area contributed by atoms with Gasteiger partial charge < -0.3 is 0 Å². The second-order valence-electron chi connectivity index (χ2n) is 8.56. The smallest absolute Gasteiger partial charge is 0.0235 e. The molecule has 4 rings (SSSR count). The third kappa shape index (κ3) is 6.48. The fourth-order valence-electron chi connectivity index (χ4n) is 5.33. The van der Waals surface area contributed by atoms with Gasteiger partial charge in [-0.1, -0.05) is 43.2 Å². The van der Waals surface area contributed by atoms with Crippen LogP contribution in [0.5, 0.6) is 0 Å². The van der Waals surface area contributed by atoms with Crippen molar-refractivity contribution in [3.63, 3.8) is 0 Å². The Bertz CT molecular complexity index is 525. The van der Waals surface area contributed by atoms with Crippen molar-refractivity contribution in [2.75, 3.05) is 32.7 Å². The molecular weight excluding hydrogens is 413 g/mol. The summed E-state index contributed by atoms with van der Waals surface area (Å²) in [5.41, 5.74) is 1.47. The molecule has 0 aliphatic carbocycles. The lowest BCUT2D eigenvalue weighted by Gasteiger charge is -2.52. The maximum Gasteiger partial charge on any atom is 0.0235 e. The molecule has 1 aromatic carbocycles. The lowest BCUT2D eigenvalue weighted by molar-refractivity contribution is -0.0278. The predicted octanol–water partition coefficient (Wildman–Crippen LogP) is 4.87. The number of benzene rings is 1. The quantitative estimate of drug-likeness (QED) is 0.634. The summed E-state index contributed by atoms with van der Waals surface area (Å²) in [5.74, 6) is 0. The zero-order valence-electron chi connectivity index (χ0n) is 17.2. The van der Waals surface area contributed by atoms with E-state index in [2.05, 4.69) is 52.0 Å². The number of nitrogens with zero attached hydrogens (tertiary/aromatic N) is 3. The molecule has 3 aliphatic rings. The van der Waals surface area contributed by atoms with Crippen LogP contribution in [0, 0.1) is 0 Å². The highest BCUT2D eigenvalue weighted by Crippen LogP contribution is 2.30. The Morgan fingerprint density at radius 3 is 2.07 bits per heavy atom. The number of fused-ring (bicyclic) bond motifs is 2. The molecule has 3 saturated heterocycles. The van der Waals surface area contributed by atoms with Gasteiger partial charge in [-0.05, 0) is 51.3 Å². The summed E-state index contributed by atoms with van der Waals surface area (Å²) in [4.78, 5) is 8.35. The Kier molecular flexibility index (Phi) is 11.7. The van der Waals surface area contributed by atoms with E-state index in [0.29, 0.717) is 0 Å². The summed E-state index contributed by atoms with van der Waals surface area (Å²) in [5, 5.41) is 0. The second kappa shape index (κ2) is 12.6. The largest absolute Gasteiger partial charge is 0.299 e. The van der Waals surface area contributed by atoms with Crippen molar-refractivity contribution in [1.82, 2.24) is 14.7 Å². The van der Waals surface area contributed by atoms with Crippen LogP contribution >= 0.6 is 37.2 Å². The van der Waals surface area contributed by atoms with Crippen LogP contribution in [-0.2, 0) is 6.54 Å². The first-order valence-corrected chi connectivity index (χ1v) is 10.6. The summed E-state index contributed by atoms with van der Waals surface area (Å²) in [6.07, 6.45) is 8.48. The highest BCUT2D eigenvalue weighted by atomic mass is 35.5. The SMILES string of the molecule is CC(CN1C2CCCC1CN(Cc1ccccc1)C2)N1CCCCC1.Cl.Cl.Cl.